The fourth-order valence-electron chi connectivity index (χ4n) is 4.79. The van der Waals surface area contributed by atoms with E-state index in [9.17, 15) is 10.1 Å². The number of carbonyl (C=O) groups excluding carboxylic acids is 1. The van der Waals surface area contributed by atoms with Gasteiger partial charge in [-0.2, -0.15) is 5.26 Å². The van der Waals surface area contributed by atoms with Crippen molar-refractivity contribution in [1.82, 2.24) is 19.8 Å². The van der Waals surface area contributed by atoms with E-state index in [1.54, 1.807) is 22.9 Å². The van der Waals surface area contributed by atoms with E-state index in [1.165, 1.54) is 0 Å². The Bertz CT molecular complexity index is 1570. The van der Waals surface area contributed by atoms with Gasteiger partial charge < -0.3 is 5.32 Å². The minimum atomic E-state index is -0.199. The molecule has 0 saturated carbocycles. The molecule has 5 rings (SSSR count). The van der Waals surface area contributed by atoms with Crippen LogP contribution < -0.4 is 5.32 Å². The number of aromatic nitrogens is 2. The smallest absolute Gasteiger partial charge is 0.326 e. The maximum absolute atomic E-state index is 13.4. The lowest BCUT2D eigenvalue weighted by Gasteiger charge is -2.27. The number of nitriles is 1. The Balaban J connectivity index is 1.39. The third kappa shape index (κ3) is 5.40. The largest absolute Gasteiger partial charge is 0.333 e. The van der Waals surface area contributed by atoms with Gasteiger partial charge in [-0.3, -0.25) is 9.47 Å². The van der Waals surface area contributed by atoms with Gasteiger partial charge in [0.1, 0.15) is 5.15 Å². The lowest BCUT2D eigenvalue weighted by atomic mass is 10.0. The maximum Gasteiger partial charge on any atom is 0.326 e. The van der Waals surface area contributed by atoms with Crippen LogP contribution in [0.3, 0.4) is 0 Å². The average molecular weight is 530 g/mol. The Morgan fingerprint density at radius 3 is 2.84 bits per heavy atom. The molecule has 186 valence electrons. The van der Waals surface area contributed by atoms with Crippen LogP contribution in [0.1, 0.15) is 33.5 Å². The van der Waals surface area contributed by atoms with Gasteiger partial charge in [0, 0.05) is 54.9 Å². The first kappa shape index (κ1) is 25.0. The zero-order valence-electron chi connectivity index (χ0n) is 20.3. The summed E-state index contributed by atoms with van der Waals surface area (Å²) in [6.45, 7) is 4.64. The SMILES string of the molecule is Cc1cc(C=CCN2CCc3c(c4cc(C#N)ccc4n3C(=O)NCc3ccnc(Cl)c3)C2)ccc1Cl. The van der Waals surface area contributed by atoms with Crippen molar-refractivity contribution in [1.29, 1.82) is 5.26 Å². The van der Waals surface area contributed by atoms with E-state index in [2.05, 4.69) is 39.5 Å². The molecule has 0 saturated heterocycles. The summed E-state index contributed by atoms with van der Waals surface area (Å²) >= 11 is 12.1. The molecule has 1 aliphatic heterocycles. The van der Waals surface area contributed by atoms with E-state index in [1.807, 2.05) is 37.3 Å². The summed E-state index contributed by atoms with van der Waals surface area (Å²) in [5, 5.41) is 14.6. The molecular weight excluding hydrogens is 505 g/mol. The number of halogens is 2. The molecule has 4 aromatic rings. The van der Waals surface area contributed by atoms with Gasteiger partial charge in [-0.15, -0.1) is 0 Å². The molecule has 6 nitrogen and oxygen atoms in total. The van der Waals surface area contributed by atoms with Crippen molar-refractivity contribution in [3.05, 3.63) is 104 Å². The number of nitrogens with zero attached hydrogens (tertiary/aromatic N) is 4. The van der Waals surface area contributed by atoms with Gasteiger partial charge in [0.25, 0.3) is 0 Å². The summed E-state index contributed by atoms with van der Waals surface area (Å²) in [6, 6.07) is 17.1. The Morgan fingerprint density at radius 1 is 1.19 bits per heavy atom. The number of hydrogen-bond acceptors (Lipinski definition) is 4. The highest BCUT2D eigenvalue weighted by atomic mass is 35.5. The Hall–Kier alpha value is -3.63. The van der Waals surface area contributed by atoms with E-state index in [4.69, 9.17) is 23.2 Å². The van der Waals surface area contributed by atoms with Crippen molar-refractivity contribution >= 4 is 46.2 Å². The first-order valence-electron chi connectivity index (χ1n) is 12.0. The molecule has 2 aromatic carbocycles. The number of amides is 1. The topological polar surface area (TPSA) is 74.0 Å². The van der Waals surface area contributed by atoms with Gasteiger partial charge in [-0.1, -0.05) is 47.5 Å². The number of fused-ring (bicyclic) bond motifs is 3. The number of carbonyl (C=O) groups is 1. The molecular formula is C29H25Cl2N5O. The van der Waals surface area contributed by atoms with Gasteiger partial charge in [-0.05, 0) is 65.6 Å². The van der Waals surface area contributed by atoms with E-state index < -0.39 is 0 Å². The summed E-state index contributed by atoms with van der Waals surface area (Å²) < 4.78 is 1.76. The maximum atomic E-state index is 13.4. The van der Waals surface area contributed by atoms with E-state index in [0.717, 1.165) is 63.4 Å². The highest BCUT2D eigenvalue weighted by Gasteiger charge is 2.26. The van der Waals surface area contributed by atoms with Crippen LogP contribution in [0, 0.1) is 18.3 Å². The fourth-order valence-corrected chi connectivity index (χ4v) is 5.10. The van der Waals surface area contributed by atoms with Crippen molar-refractivity contribution in [3.8, 4) is 6.07 Å². The Morgan fingerprint density at radius 2 is 2.05 bits per heavy atom. The molecule has 0 fully saturated rings. The van der Waals surface area contributed by atoms with Crippen LogP contribution in [0.2, 0.25) is 10.2 Å². The molecule has 1 N–H and O–H groups in total. The van der Waals surface area contributed by atoms with Crippen LogP contribution in [-0.2, 0) is 19.5 Å². The molecule has 1 amide bonds. The highest BCUT2D eigenvalue weighted by Crippen LogP contribution is 2.32. The first-order valence-corrected chi connectivity index (χ1v) is 12.8. The lowest BCUT2D eigenvalue weighted by Crippen LogP contribution is -2.34. The summed E-state index contributed by atoms with van der Waals surface area (Å²) in [4.78, 5) is 19.7. The van der Waals surface area contributed by atoms with Gasteiger partial charge in [0.2, 0.25) is 0 Å². The number of pyridine rings is 1. The molecule has 0 spiro atoms. The molecule has 0 atom stereocenters. The van der Waals surface area contributed by atoms with Gasteiger partial charge in [0.05, 0.1) is 17.1 Å². The lowest BCUT2D eigenvalue weighted by molar-refractivity contribution is 0.240. The summed E-state index contributed by atoms with van der Waals surface area (Å²) in [5.41, 5.74) is 6.51. The standard InChI is InChI=1S/C29H25Cl2N5O/c1-19-13-20(4-6-25(19)30)3-2-11-35-12-9-27-24(18-35)23-14-21(16-32)5-7-26(23)36(27)29(37)34-17-22-8-10-33-28(31)15-22/h2-8,10,13-15H,9,11-12,17-18H2,1H3,(H,34,37). The summed E-state index contributed by atoms with van der Waals surface area (Å²) in [5.74, 6) is 0. The second-order valence-corrected chi connectivity index (χ2v) is 9.94. The number of benzene rings is 2. The highest BCUT2D eigenvalue weighted by molar-refractivity contribution is 6.31. The normalized spacial score (nSPS) is 13.6. The third-order valence-corrected chi connectivity index (χ3v) is 7.28. The first-order chi connectivity index (χ1) is 17.9. The molecule has 8 heteroatoms. The van der Waals surface area contributed by atoms with Crippen LogP contribution in [0.5, 0.6) is 0 Å². The van der Waals surface area contributed by atoms with Gasteiger partial charge in [-0.25, -0.2) is 9.78 Å². The van der Waals surface area contributed by atoms with Crippen molar-refractivity contribution in [3.63, 3.8) is 0 Å². The van der Waals surface area contributed by atoms with E-state index in [0.29, 0.717) is 23.8 Å². The minimum absolute atomic E-state index is 0.199. The van der Waals surface area contributed by atoms with Crippen molar-refractivity contribution in [2.45, 2.75) is 26.4 Å². The monoisotopic (exact) mass is 529 g/mol. The number of nitrogens with one attached hydrogen (secondary N) is 1. The van der Waals surface area contributed by atoms with Crippen molar-refractivity contribution < 1.29 is 4.79 Å². The molecule has 0 radical (unpaired) electrons. The van der Waals surface area contributed by atoms with Gasteiger partial charge >= 0.3 is 6.03 Å². The second kappa shape index (κ2) is 10.8. The van der Waals surface area contributed by atoms with E-state index in [-0.39, 0.29) is 6.03 Å². The molecule has 0 aliphatic carbocycles. The van der Waals surface area contributed by atoms with Crippen LogP contribution >= 0.6 is 23.2 Å². The molecule has 3 heterocycles. The predicted octanol–water partition coefficient (Wildman–Crippen LogP) is 6.35. The molecule has 1 aliphatic rings. The fraction of sp³-hybridized carbons (Fsp3) is 0.207. The molecule has 2 aromatic heterocycles. The van der Waals surface area contributed by atoms with Crippen molar-refractivity contribution in [2.24, 2.45) is 0 Å². The zero-order chi connectivity index (χ0) is 25.9. The number of aryl methyl sites for hydroxylation is 1. The molecule has 0 unspecified atom stereocenters. The summed E-state index contributed by atoms with van der Waals surface area (Å²) in [7, 11) is 0. The molecule has 0 bridgehead atoms. The average Bonchev–Trinajstić information content (AvgIpc) is 3.22. The quantitative estimate of drug-likeness (QED) is 0.305. The minimum Gasteiger partial charge on any atom is -0.333 e. The van der Waals surface area contributed by atoms with Gasteiger partial charge in [0.15, 0.2) is 0 Å². The second-order valence-electron chi connectivity index (χ2n) is 9.15. The van der Waals surface area contributed by atoms with Crippen LogP contribution in [-0.4, -0.2) is 33.6 Å². The van der Waals surface area contributed by atoms with E-state index >= 15 is 0 Å². The summed E-state index contributed by atoms with van der Waals surface area (Å²) in [6.07, 6.45) is 6.61. The van der Waals surface area contributed by atoms with Crippen LogP contribution in [0.4, 0.5) is 4.79 Å². The van der Waals surface area contributed by atoms with Crippen LogP contribution in [0.15, 0.2) is 60.8 Å². The zero-order valence-corrected chi connectivity index (χ0v) is 21.9. The Labute approximate surface area is 225 Å². The third-order valence-electron chi connectivity index (χ3n) is 6.65. The number of hydrogen-bond donors (Lipinski definition) is 1. The Kier molecular flexibility index (Phi) is 7.29. The van der Waals surface area contributed by atoms with Crippen LogP contribution in [0.25, 0.3) is 17.0 Å². The molecule has 37 heavy (non-hydrogen) atoms. The predicted molar refractivity (Wildman–Crippen MR) is 148 cm³/mol. The van der Waals surface area contributed by atoms with Crippen molar-refractivity contribution in [2.75, 3.05) is 13.1 Å². The number of rotatable bonds is 5.